The topological polar surface area (TPSA) is 97.2 Å². The van der Waals surface area contributed by atoms with E-state index in [4.69, 9.17) is 4.74 Å². The van der Waals surface area contributed by atoms with Gasteiger partial charge in [-0.25, -0.2) is 15.0 Å². The van der Waals surface area contributed by atoms with Crippen molar-refractivity contribution >= 4 is 32.6 Å². The number of phenols is 1. The second-order valence-corrected chi connectivity index (χ2v) is 7.41. The summed E-state index contributed by atoms with van der Waals surface area (Å²) in [7, 11) is 0. The minimum absolute atomic E-state index is 0.0973. The highest BCUT2D eigenvalue weighted by Gasteiger charge is 2.31. The Kier molecular flexibility index (Phi) is 5.19. The van der Waals surface area contributed by atoms with Gasteiger partial charge in [0.25, 0.3) is 0 Å². The van der Waals surface area contributed by atoms with E-state index in [0.717, 1.165) is 16.8 Å². The fourth-order valence-corrected chi connectivity index (χ4v) is 3.72. The Labute approximate surface area is 177 Å². The lowest BCUT2D eigenvalue weighted by atomic mass is 10.1. The molecule has 2 heterocycles. The van der Waals surface area contributed by atoms with E-state index in [-0.39, 0.29) is 23.0 Å². The van der Waals surface area contributed by atoms with Gasteiger partial charge in [0.15, 0.2) is 10.9 Å². The van der Waals surface area contributed by atoms with Gasteiger partial charge in [-0.2, -0.15) is 13.2 Å². The van der Waals surface area contributed by atoms with Gasteiger partial charge in [-0.15, -0.1) is 0 Å². The first kappa shape index (κ1) is 20.5. The molecule has 0 aliphatic carbocycles. The van der Waals surface area contributed by atoms with E-state index in [2.05, 4.69) is 20.3 Å². The van der Waals surface area contributed by atoms with Crippen molar-refractivity contribution in [2.45, 2.75) is 13.1 Å². The first-order valence-electron chi connectivity index (χ1n) is 8.78. The number of halogens is 3. The Morgan fingerprint density at radius 3 is 2.68 bits per heavy atom. The summed E-state index contributed by atoms with van der Waals surface area (Å²) in [5, 5.41) is 13.1. The number of hydrogen-bond donors (Lipinski definition) is 2. The molecule has 4 rings (SSSR count). The van der Waals surface area contributed by atoms with Crippen molar-refractivity contribution in [2.75, 3.05) is 5.32 Å². The Hall–Kier alpha value is -3.73. The number of phenolic OH excluding ortho intramolecular Hbond substituents is 1. The van der Waals surface area contributed by atoms with Crippen molar-refractivity contribution in [3.63, 3.8) is 0 Å². The zero-order chi connectivity index (χ0) is 22.2. The third kappa shape index (κ3) is 4.40. The van der Waals surface area contributed by atoms with Gasteiger partial charge >= 0.3 is 6.18 Å². The molecule has 0 spiro atoms. The fourth-order valence-electron chi connectivity index (χ4n) is 2.79. The number of rotatable bonds is 4. The number of fused-ring (bicyclic) bond motifs is 1. The van der Waals surface area contributed by atoms with Crippen LogP contribution in [0.2, 0.25) is 0 Å². The molecular formula is C20H13F3N4O3S. The zero-order valence-electron chi connectivity index (χ0n) is 15.8. The van der Waals surface area contributed by atoms with Crippen molar-refractivity contribution in [3.8, 4) is 28.6 Å². The lowest BCUT2D eigenvalue weighted by Gasteiger charge is -2.10. The quantitative estimate of drug-likeness (QED) is 0.446. The van der Waals surface area contributed by atoms with E-state index in [0.29, 0.717) is 22.5 Å². The van der Waals surface area contributed by atoms with E-state index in [1.54, 1.807) is 12.1 Å². The van der Waals surface area contributed by atoms with Gasteiger partial charge in [-0.1, -0.05) is 17.4 Å². The van der Waals surface area contributed by atoms with Crippen LogP contribution in [0.4, 0.5) is 18.3 Å². The largest absolute Gasteiger partial charge is 0.507 e. The third-order valence-corrected chi connectivity index (χ3v) is 5.06. The lowest BCUT2D eigenvalue weighted by Crippen LogP contribution is -2.04. The molecule has 11 heteroatoms. The maximum absolute atomic E-state index is 12.8. The van der Waals surface area contributed by atoms with Crippen LogP contribution in [0.5, 0.6) is 17.4 Å². The standard InChI is InChI=1S/C20H13F3N4O3S/c1-10(28)26-19-27-18-15(3-2-4-16(18)31-19)30-17-8-13(24-9-25-17)12-6-5-11(7-14(12)29)20(21,22)23/h2-9,29H,1H3,(H,26,27,28). The highest BCUT2D eigenvalue weighted by atomic mass is 32.1. The highest BCUT2D eigenvalue weighted by Crippen LogP contribution is 2.38. The van der Waals surface area contributed by atoms with E-state index in [9.17, 15) is 23.1 Å². The van der Waals surface area contributed by atoms with Crippen LogP contribution in [0.25, 0.3) is 21.5 Å². The number of thiazole rings is 1. The Morgan fingerprint density at radius 2 is 1.97 bits per heavy atom. The van der Waals surface area contributed by atoms with E-state index >= 15 is 0 Å². The second-order valence-electron chi connectivity index (χ2n) is 6.38. The minimum Gasteiger partial charge on any atom is -0.507 e. The number of amides is 1. The summed E-state index contributed by atoms with van der Waals surface area (Å²) >= 11 is 1.27. The van der Waals surface area contributed by atoms with Gasteiger partial charge in [0.2, 0.25) is 11.8 Å². The summed E-state index contributed by atoms with van der Waals surface area (Å²) < 4.78 is 45.1. The highest BCUT2D eigenvalue weighted by molar-refractivity contribution is 7.22. The van der Waals surface area contributed by atoms with Gasteiger partial charge in [-0.05, 0) is 30.3 Å². The average Bonchev–Trinajstić information content (AvgIpc) is 3.10. The number of nitrogens with zero attached hydrogens (tertiary/aromatic N) is 3. The number of benzene rings is 2. The number of carbonyl (C=O) groups is 1. The molecule has 0 unspecified atom stereocenters. The molecule has 0 atom stereocenters. The van der Waals surface area contributed by atoms with Crippen LogP contribution >= 0.6 is 11.3 Å². The molecule has 2 N–H and O–H groups in total. The predicted molar refractivity (Wildman–Crippen MR) is 108 cm³/mol. The van der Waals surface area contributed by atoms with Crippen molar-refractivity contribution in [3.05, 3.63) is 54.4 Å². The predicted octanol–water partition coefficient (Wildman–Crippen LogP) is 5.23. The Morgan fingerprint density at radius 1 is 1.16 bits per heavy atom. The van der Waals surface area contributed by atoms with Crippen molar-refractivity contribution in [2.24, 2.45) is 0 Å². The first-order chi connectivity index (χ1) is 14.7. The number of ether oxygens (including phenoxy) is 1. The van der Waals surface area contributed by atoms with Crippen LogP contribution in [-0.2, 0) is 11.0 Å². The fraction of sp³-hybridized carbons (Fsp3) is 0.100. The number of hydrogen-bond acceptors (Lipinski definition) is 7. The lowest BCUT2D eigenvalue weighted by molar-refractivity contribution is -0.137. The summed E-state index contributed by atoms with van der Waals surface area (Å²) in [5.74, 6) is -0.350. The number of anilines is 1. The number of aromatic nitrogens is 3. The van der Waals surface area contributed by atoms with Gasteiger partial charge < -0.3 is 15.2 Å². The Bertz CT molecular complexity index is 1290. The van der Waals surface area contributed by atoms with Gasteiger partial charge in [0.05, 0.1) is 16.0 Å². The van der Waals surface area contributed by atoms with Crippen LogP contribution < -0.4 is 10.1 Å². The van der Waals surface area contributed by atoms with Crippen LogP contribution in [0.15, 0.2) is 48.8 Å². The molecule has 0 fully saturated rings. The zero-order valence-corrected chi connectivity index (χ0v) is 16.6. The molecule has 0 saturated heterocycles. The SMILES string of the molecule is CC(=O)Nc1nc2c(Oc3cc(-c4ccc(C(F)(F)F)cc4O)ncn3)cccc2s1. The van der Waals surface area contributed by atoms with Crippen molar-refractivity contribution < 1.29 is 27.8 Å². The summed E-state index contributed by atoms with van der Waals surface area (Å²) in [5.41, 5.74) is -0.182. The maximum Gasteiger partial charge on any atom is 0.416 e. The van der Waals surface area contributed by atoms with Crippen LogP contribution in [0.3, 0.4) is 0 Å². The maximum atomic E-state index is 12.8. The molecule has 0 saturated carbocycles. The molecule has 0 aliphatic heterocycles. The molecule has 2 aromatic carbocycles. The van der Waals surface area contributed by atoms with E-state index in [1.807, 2.05) is 6.07 Å². The molecule has 1 amide bonds. The number of para-hydroxylation sites is 1. The van der Waals surface area contributed by atoms with Crippen LogP contribution in [0, 0.1) is 0 Å². The molecule has 4 aromatic rings. The molecule has 0 radical (unpaired) electrons. The molecule has 2 aromatic heterocycles. The van der Waals surface area contributed by atoms with Crippen molar-refractivity contribution in [1.29, 1.82) is 0 Å². The average molecular weight is 446 g/mol. The summed E-state index contributed by atoms with van der Waals surface area (Å²) in [6, 6.07) is 9.24. The molecule has 31 heavy (non-hydrogen) atoms. The van der Waals surface area contributed by atoms with Gasteiger partial charge in [0.1, 0.15) is 17.6 Å². The molecule has 158 valence electrons. The van der Waals surface area contributed by atoms with Crippen LogP contribution in [-0.4, -0.2) is 26.0 Å². The Balaban J connectivity index is 1.66. The third-order valence-electron chi connectivity index (χ3n) is 4.12. The molecule has 0 aliphatic rings. The van der Waals surface area contributed by atoms with E-state index < -0.39 is 17.5 Å². The van der Waals surface area contributed by atoms with Crippen LogP contribution in [0.1, 0.15) is 12.5 Å². The second kappa shape index (κ2) is 7.84. The van der Waals surface area contributed by atoms with E-state index in [1.165, 1.54) is 30.7 Å². The molecular weight excluding hydrogens is 433 g/mol. The normalized spacial score (nSPS) is 11.5. The minimum atomic E-state index is -4.57. The summed E-state index contributed by atoms with van der Waals surface area (Å²) in [6.45, 7) is 1.38. The number of nitrogens with one attached hydrogen (secondary N) is 1. The number of aromatic hydroxyl groups is 1. The van der Waals surface area contributed by atoms with Gasteiger partial charge in [0, 0.05) is 18.6 Å². The number of carbonyl (C=O) groups excluding carboxylic acids is 1. The summed E-state index contributed by atoms with van der Waals surface area (Å²) in [4.78, 5) is 23.6. The molecule has 0 bridgehead atoms. The molecule has 7 nitrogen and oxygen atoms in total. The van der Waals surface area contributed by atoms with Crippen molar-refractivity contribution in [1.82, 2.24) is 15.0 Å². The monoisotopic (exact) mass is 446 g/mol. The first-order valence-corrected chi connectivity index (χ1v) is 9.60. The number of alkyl halides is 3. The summed E-state index contributed by atoms with van der Waals surface area (Å²) in [6.07, 6.45) is -3.40. The van der Waals surface area contributed by atoms with Gasteiger partial charge in [-0.3, -0.25) is 4.79 Å². The smallest absolute Gasteiger partial charge is 0.416 e.